The van der Waals surface area contributed by atoms with E-state index in [1.54, 1.807) is 0 Å². The highest BCUT2D eigenvalue weighted by Crippen LogP contribution is 2.24. The third-order valence-electron chi connectivity index (χ3n) is 2.46. The van der Waals surface area contributed by atoms with E-state index in [2.05, 4.69) is 10.0 Å². The van der Waals surface area contributed by atoms with E-state index in [0.29, 0.717) is 6.54 Å². The molecule has 0 aliphatic heterocycles. The molecule has 20 heavy (non-hydrogen) atoms. The molecule has 0 saturated carbocycles. The van der Waals surface area contributed by atoms with Gasteiger partial charge >= 0.3 is 0 Å². The number of nitrogens with one attached hydrogen (secondary N) is 2. The molecule has 0 aromatic heterocycles. The lowest BCUT2D eigenvalue weighted by molar-refractivity contribution is -0.122. The minimum absolute atomic E-state index is 0.0445. The predicted octanol–water partition coefficient (Wildman–Crippen LogP) is 2.19. The van der Waals surface area contributed by atoms with E-state index in [1.165, 1.54) is 25.1 Å². The van der Waals surface area contributed by atoms with Crippen LogP contribution < -0.4 is 10.0 Å². The molecule has 0 spiro atoms. The number of amides is 1. The topological polar surface area (TPSA) is 75.3 Å². The number of sulfonamides is 1. The van der Waals surface area contributed by atoms with Crippen LogP contribution in [0.5, 0.6) is 0 Å². The summed E-state index contributed by atoms with van der Waals surface area (Å²) >= 11 is 11.6. The van der Waals surface area contributed by atoms with Crippen LogP contribution in [0.2, 0.25) is 10.0 Å². The van der Waals surface area contributed by atoms with E-state index in [-0.39, 0.29) is 14.9 Å². The van der Waals surface area contributed by atoms with Crippen LogP contribution >= 0.6 is 23.2 Å². The second-order valence-corrected chi connectivity index (χ2v) is 6.73. The molecule has 1 amide bonds. The quantitative estimate of drug-likeness (QED) is 0.834. The van der Waals surface area contributed by atoms with Gasteiger partial charge in [0.05, 0.1) is 11.1 Å². The molecule has 1 rings (SSSR count). The van der Waals surface area contributed by atoms with Gasteiger partial charge < -0.3 is 5.32 Å². The number of halogens is 2. The highest BCUT2D eigenvalue weighted by molar-refractivity contribution is 7.89. The van der Waals surface area contributed by atoms with Crippen molar-refractivity contribution in [2.45, 2.75) is 31.2 Å². The lowest BCUT2D eigenvalue weighted by atomic mass is 10.3. The summed E-state index contributed by atoms with van der Waals surface area (Å²) < 4.78 is 26.6. The van der Waals surface area contributed by atoms with E-state index in [0.717, 1.165) is 6.42 Å². The van der Waals surface area contributed by atoms with Gasteiger partial charge in [0.2, 0.25) is 15.9 Å². The first-order valence-corrected chi connectivity index (χ1v) is 8.27. The van der Waals surface area contributed by atoms with Crippen molar-refractivity contribution in [3.05, 3.63) is 28.2 Å². The molecule has 1 aromatic carbocycles. The third kappa shape index (κ3) is 4.63. The predicted molar refractivity (Wildman–Crippen MR) is 79.5 cm³/mol. The molecule has 5 nitrogen and oxygen atoms in total. The Balaban J connectivity index is 2.89. The summed E-state index contributed by atoms with van der Waals surface area (Å²) in [6, 6.07) is 3.21. The maximum Gasteiger partial charge on any atom is 0.242 e. The fourth-order valence-corrected chi connectivity index (χ4v) is 3.40. The van der Waals surface area contributed by atoms with E-state index >= 15 is 0 Å². The molecule has 8 heteroatoms. The Hall–Kier alpha value is -0.820. The zero-order chi connectivity index (χ0) is 15.3. The second kappa shape index (κ2) is 7.26. The highest BCUT2D eigenvalue weighted by atomic mass is 35.5. The normalized spacial score (nSPS) is 13.0. The van der Waals surface area contributed by atoms with E-state index < -0.39 is 22.0 Å². The molecular weight excluding hydrogens is 323 g/mol. The highest BCUT2D eigenvalue weighted by Gasteiger charge is 2.24. The summed E-state index contributed by atoms with van der Waals surface area (Å²) in [7, 11) is -3.91. The van der Waals surface area contributed by atoms with Crippen LogP contribution in [0.1, 0.15) is 20.3 Å². The van der Waals surface area contributed by atoms with Crippen LogP contribution in [0.15, 0.2) is 23.1 Å². The lowest BCUT2D eigenvalue weighted by Crippen LogP contribution is -2.44. The van der Waals surface area contributed by atoms with E-state index in [1.807, 2.05) is 6.92 Å². The summed E-state index contributed by atoms with van der Waals surface area (Å²) in [6.45, 7) is 3.85. The van der Waals surface area contributed by atoms with Crippen LogP contribution in [0.3, 0.4) is 0 Å². The van der Waals surface area contributed by atoms with Crippen molar-refractivity contribution < 1.29 is 13.2 Å². The molecule has 112 valence electrons. The Morgan fingerprint density at radius 2 is 2.00 bits per heavy atom. The van der Waals surface area contributed by atoms with Gasteiger partial charge in [-0.2, -0.15) is 4.72 Å². The summed E-state index contributed by atoms with van der Waals surface area (Å²) in [4.78, 5) is 11.5. The number of benzene rings is 1. The Morgan fingerprint density at radius 1 is 1.35 bits per heavy atom. The molecule has 0 radical (unpaired) electrons. The number of carbonyl (C=O) groups excluding carboxylic acids is 1. The molecule has 0 fully saturated rings. The van der Waals surface area contributed by atoms with Crippen molar-refractivity contribution in [3.63, 3.8) is 0 Å². The van der Waals surface area contributed by atoms with E-state index in [9.17, 15) is 13.2 Å². The minimum Gasteiger partial charge on any atom is -0.355 e. The second-order valence-electron chi connectivity index (χ2n) is 4.21. The maximum atomic E-state index is 12.2. The van der Waals surface area contributed by atoms with Gasteiger partial charge in [-0.15, -0.1) is 0 Å². The molecule has 1 unspecified atom stereocenters. The largest absolute Gasteiger partial charge is 0.355 e. The Labute approximate surface area is 128 Å². The summed E-state index contributed by atoms with van der Waals surface area (Å²) in [5.41, 5.74) is 0. The molecule has 0 aliphatic rings. The first-order chi connectivity index (χ1) is 9.27. The summed E-state index contributed by atoms with van der Waals surface area (Å²) in [5.74, 6) is -0.395. The first kappa shape index (κ1) is 17.2. The van der Waals surface area contributed by atoms with Gasteiger partial charge in [-0.25, -0.2) is 8.42 Å². The lowest BCUT2D eigenvalue weighted by Gasteiger charge is -2.15. The fraction of sp³-hybridized carbons (Fsp3) is 0.417. The Bertz CT molecular complexity index is 590. The van der Waals surface area contributed by atoms with Gasteiger partial charge in [0.25, 0.3) is 0 Å². The average molecular weight is 339 g/mol. The molecule has 2 N–H and O–H groups in total. The fourth-order valence-electron chi connectivity index (χ4n) is 1.43. The molecule has 0 heterocycles. The van der Waals surface area contributed by atoms with E-state index in [4.69, 9.17) is 23.2 Å². The Kier molecular flexibility index (Phi) is 6.26. The number of rotatable bonds is 6. The number of hydrogen-bond donors (Lipinski definition) is 2. The monoisotopic (exact) mass is 338 g/mol. The first-order valence-electron chi connectivity index (χ1n) is 6.03. The SMILES string of the molecule is CCCNC(=O)C(C)NS(=O)(=O)c1cc(Cl)ccc1Cl. The maximum absolute atomic E-state index is 12.2. The van der Waals surface area contributed by atoms with Crippen molar-refractivity contribution in [2.75, 3.05) is 6.54 Å². The smallest absolute Gasteiger partial charge is 0.242 e. The van der Waals surface area contributed by atoms with Crippen molar-refractivity contribution in [1.29, 1.82) is 0 Å². The van der Waals surface area contributed by atoms with Gasteiger partial charge in [-0.3, -0.25) is 4.79 Å². The molecule has 0 aliphatic carbocycles. The van der Waals surface area contributed by atoms with Gasteiger partial charge in [0, 0.05) is 11.6 Å². The standard InChI is InChI=1S/C12H16Cl2N2O3S/c1-3-6-15-12(17)8(2)16-20(18,19)11-7-9(13)4-5-10(11)14/h4-5,7-8,16H,3,6H2,1-2H3,(H,15,17). The number of hydrogen-bond acceptors (Lipinski definition) is 3. The zero-order valence-corrected chi connectivity index (χ0v) is 13.4. The summed E-state index contributed by atoms with van der Waals surface area (Å²) in [5, 5.41) is 2.90. The molecule has 0 saturated heterocycles. The van der Waals surface area contributed by atoms with Crippen molar-refractivity contribution in [1.82, 2.24) is 10.0 Å². The van der Waals surface area contributed by atoms with Crippen molar-refractivity contribution >= 4 is 39.1 Å². The molecule has 1 aromatic rings. The van der Waals surface area contributed by atoms with Crippen LogP contribution in [0.4, 0.5) is 0 Å². The van der Waals surface area contributed by atoms with Crippen LogP contribution in [-0.4, -0.2) is 26.9 Å². The number of carbonyl (C=O) groups is 1. The van der Waals surface area contributed by atoms with Crippen LogP contribution in [-0.2, 0) is 14.8 Å². The zero-order valence-electron chi connectivity index (χ0n) is 11.1. The third-order valence-corrected chi connectivity index (χ3v) is 4.71. The average Bonchev–Trinajstić information content (AvgIpc) is 2.38. The molecule has 0 bridgehead atoms. The van der Waals surface area contributed by atoms with Gasteiger partial charge in [-0.05, 0) is 31.5 Å². The van der Waals surface area contributed by atoms with Crippen molar-refractivity contribution in [2.24, 2.45) is 0 Å². The van der Waals surface area contributed by atoms with Gasteiger partial charge in [-0.1, -0.05) is 30.1 Å². The molecule has 1 atom stereocenters. The van der Waals surface area contributed by atoms with Gasteiger partial charge in [0.1, 0.15) is 4.90 Å². The van der Waals surface area contributed by atoms with Gasteiger partial charge in [0.15, 0.2) is 0 Å². The molecular formula is C12H16Cl2N2O3S. The van der Waals surface area contributed by atoms with Crippen LogP contribution in [0, 0.1) is 0 Å². The van der Waals surface area contributed by atoms with Crippen molar-refractivity contribution in [3.8, 4) is 0 Å². The van der Waals surface area contributed by atoms with Crippen LogP contribution in [0.25, 0.3) is 0 Å². The summed E-state index contributed by atoms with van der Waals surface area (Å²) in [6.07, 6.45) is 0.769. The Morgan fingerprint density at radius 3 is 2.60 bits per heavy atom. The minimum atomic E-state index is -3.91.